The van der Waals surface area contributed by atoms with Gasteiger partial charge in [-0.1, -0.05) is 12.1 Å². The fourth-order valence-electron chi connectivity index (χ4n) is 4.99. The molecule has 12 heteroatoms. The van der Waals surface area contributed by atoms with E-state index in [0.717, 1.165) is 28.9 Å². The Morgan fingerprint density at radius 1 is 1.10 bits per heavy atom. The Hall–Kier alpha value is -3.96. The van der Waals surface area contributed by atoms with E-state index in [1.807, 2.05) is 6.92 Å². The average Bonchev–Trinajstić information content (AvgIpc) is 3.62. The lowest BCUT2D eigenvalue weighted by atomic mass is 10.0. The highest BCUT2D eigenvalue weighted by molar-refractivity contribution is 6.02. The molecule has 42 heavy (non-hydrogen) atoms. The van der Waals surface area contributed by atoms with E-state index in [4.69, 9.17) is 9.47 Å². The van der Waals surface area contributed by atoms with Gasteiger partial charge in [0.05, 0.1) is 6.42 Å². The van der Waals surface area contributed by atoms with E-state index in [2.05, 4.69) is 4.74 Å². The molecule has 2 aromatic carbocycles. The first-order valence-electron chi connectivity index (χ1n) is 13.7. The van der Waals surface area contributed by atoms with Gasteiger partial charge in [0, 0.05) is 19.3 Å². The van der Waals surface area contributed by atoms with E-state index in [1.165, 1.54) is 18.0 Å². The quantitative estimate of drug-likeness (QED) is 0.384. The van der Waals surface area contributed by atoms with Gasteiger partial charge in [-0.05, 0) is 93.3 Å². The van der Waals surface area contributed by atoms with Crippen molar-refractivity contribution in [3.8, 4) is 11.5 Å². The van der Waals surface area contributed by atoms with Gasteiger partial charge in [-0.2, -0.15) is 0 Å². The summed E-state index contributed by atoms with van der Waals surface area (Å²) in [6.45, 7) is 7.11. The highest BCUT2D eigenvalue weighted by Crippen LogP contribution is 2.45. The van der Waals surface area contributed by atoms with E-state index >= 15 is 0 Å². The zero-order chi connectivity index (χ0) is 31.0. The molecule has 0 radical (unpaired) electrons. The number of aliphatic carboxylic acids is 1. The number of amides is 2. The number of fused-ring (bicyclic) bond motifs is 1. The molecule has 2 amide bonds. The lowest BCUT2D eigenvalue weighted by molar-refractivity contribution is -0.274. The highest BCUT2D eigenvalue weighted by Gasteiger charge is 2.38. The van der Waals surface area contributed by atoms with Crippen LogP contribution in [0.3, 0.4) is 0 Å². The van der Waals surface area contributed by atoms with Crippen molar-refractivity contribution in [2.45, 2.75) is 83.9 Å². The van der Waals surface area contributed by atoms with E-state index in [0.29, 0.717) is 29.0 Å². The summed E-state index contributed by atoms with van der Waals surface area (Å²) in [5, 5.41) is 9.46. The number of likely N-dealkylation sites (N-methyl/N-ethyl adjacent to an activating group) is 1. The van der Waals surface area contributed by atoms with E-state index in [9.17, 15) is 32.7 Å². The van der Waals surface area contributed by atoms with E-state index in [1.54, 1.807) is 45.0 Å². The van der Waals surface area contributed by atoms with Gasteiger partial charge in [0.1, 0.15) is 29.7 Å². The standard InChI is InChI=1S/C30H35F3N2O7/c1-17-20-12-13-35(27(38)23(15-26(36)37)34(5)28(39)42-29(2,3)4)22(20)10-11-24(17)40-16-18-6-9-21(19-7-8-19)25(14-18)41-30(31,32)33/h6,9-11,14,19,23H,7-8,12-13,15-16H2,1-5H3,(H,36,37)/t23-/m1/s1. The summed E-state index contributed by atoms with van der Waals surface area (Å²) >= 11 is 0. The molecule has 0 bridgehead atoms. The van der Waals surface area contributed by atoms with E-state index in [-0.39, 0.29) is 24.8 Å². The molecule has 228 valence electrons. The number of nitrogens with zero attached hydrogens (tertiary/aromatic N) is 2. The minimum atomic E-state index is -4.80. The second-order valence-corrected chi connectivity index (χ2v) is 11.6. The summed E-state index contributed by atoms with van der Waals surface area (Å²) in [7, 11) is 1.33. The Labute approximate surface area is 242 Å². The number of rotatable bonds is 9. The molecule has 1 heterocycles. The second kappa shape index (κ2) is 11.7. The molecule has 2 aliphatic rings. The fraction of sp³-hybridized carbons (Fsp3) is 0.500. The van der Waals surface area contributed by atoms with Crippen LogP contribution in [0.4, 0.5) is 23.7 Å². The third kappa shape index (κ3) is 7.46. The van der Waals surface area contributed by atoms with Crippen molar-refractivity contribution in [1.29, 1.82) is 0 Å². The zero-order valence-corrected chi connectivity index (χ0v) is 24.2. The maximum Gasteiger partial charge on any atom is 0.573 e. The summed E-state index contributed by atoms with van der Waals surface area (Å²) in [5.41, 5.74) is 2.36. The maximum atomic E-state index is 13.6. The van der Waals surface area contributed by atoms with Crippen LogP contribution in [-0.2, 0) is 27.4 Å². The summed E-state index contributed by atoms with van der Waals surface area (Å²) in [5.74, 6) is -1.43. The SMILES string of the molecule is Cc1c(OCc2ccc(C3CC3)c(OC(F)(F)F)c2)ccc2c1CCN2C(=O)[C@@H](CC(=O)O)N(C)C(=O)OC(C)(C)C. The van der Waals surface area contributed by atoms with Crippen LogP contribution in [0.2, 0.25) is 0 Å². The largest absolute Gasteiger partial charge is 0.573 e. The Bertz CT molecular complexity index is 1370. The number of hydrogen-bond acceptors (Lipinski definition) is 6. The number of carboxylic acids is 1. The molecule has 1 saturated carbocycles. The fourth-order valence-corrected chi connectivity index (χ4v) is 4.99. The summed E-state index contributed by atoms with van der Waals surface area (Å²) in [6.07, 6.45) is -4.08. The number of carbonyl (C=O) groups excluding carboxylic acids is 2. The number of anilines is 1. The average molecular weight is 593 g/mol. The smallest absolute Gasteiger partial charge is 0.489 e. The molecular formula is C30H35F3N2O7. The molecule has 2 aromatic rings. The van der Waals surface area contributed by atoms with Gasteiger partial charge in [0.15, 0.2) is 0 Å². The highest BCUT2D eigenvalue weighted by atomic mass is 19.4. The first-order chi connectivity index (χ1) is 19.5. The molecule has 1 fully saturated rings. The number of carbonyl (C=O) groups is 3. The third-order valence-corrected chi connectivity index (χ3v) is 7.18. The molecule has 0 unspecified atom stereocenters. The van der Waals surface area contributed by atoms with Crippen molar-refractivity contribution in [2.24, 2.45) is 0 Å². The van der Waals surface area contributed by atoms with Crippen molar-refractivity contribution in [1.82, 2.24) is 4.90 Å². The van der Waals surface area contributed by atoms with Crippen LogP contribution in [0.5, 0.6) is 11.5 Å². The molecule has 0 saturated heterocycles. The molecule has 4 rings (SSSR count). The van der Waals surface area contributed by atoms with Gasteiger partial charge < -0.3 is 24.2 Å². The van der Waals surface area contributed by atoms with Crippen LogP contribution in [-0.4, -0.2) is 59.6 Å². The van der Waals surface area contributed by atoms with Crippen molar-refractivity contribution in [3.63, 3.8) is 0 Å². The summed E-state index contributed by atoms with van der Waals surface area (Å²) in [4.78, 5) is 40.3. The molecule has 1 N–H and O–H groups in total. The van der Waals surface area contributed by atoms with Crippen LogP contribution in [0.1, 0.15) is 68.2 Å². The van der Waals surface area contributed by atoms with Crippen LogP contribution >= 0.6 is 0 Å². The monoisotopic (exact) mass is 592 g/mol. The molecule has 1 aliphatic carbocycles. The molecule has 0 spiro atoms. The predicted molar refractivity (Wildman–Crippen MR) is 147 cm³/mol. The topological polar surface area (TPSA) is 106 Å². The van der Waals surface area contributed by atoms with Gasteiger partial charge in [0.2, 0.25) is 0 Å². The Morgan fingerprint density at radius 3 is 2.38 bits per heavy atom. The lowest BCUT2D eigenvalue weighted by Crippen LogP contribution is -2.51. The van der Waals surface area contributed by atoms with Crippen LogP contribution in [0.15, 0.2) is 30.3 Å². The molecular weight excluding hydrogens is 557 g/mol. The first kappa shape index (κ1) is 31.0. The number of alkyl halides is 3. The number of ether oxygens (including phenoxy) is 3. The third-order valence-electron chi connectivity index (χ3n) is 7.18. The normalized spacial score (nSPS) is 15.6. The minimum absolute atomic E-state index is 0.00278. The Kier molecular flexibility index (Phi) is 8.65. The maximum absolute atomic E-state index is 13.6. The number of benzene rings is 2. The molecule has 1 aliphatic heterocycles. The van der Waals surface area contributed by atoms with Gasteiger partial charge in [-0.15, -0.1) is 13.2 Å². The van der Waals surface area contributed by atoms with Crippen LogP contribution in [0, 0.1) is 6.92 Å². The molecule has 9 nitrogen and oxygen atoms in total. The van der Waals surface area contributed by atoms with E-state index < -0.39 is 42.4 Å². The Balaban J connectivity index is 1.50. The van der Waals surface area contributed by atoms with Crippen LogP contribution in [0.25, 0.3) is 0 Å². The summed E-state index contributed by atoms with van der Waals surface area (Å²) < 4.78 is 54.5. The number of carboxylic acid groups (broad SMARTS) is 1. The van der Waals surface area contributed by atoms with Gasteiger partial charge in [-0.25, -0.2) is 4.79 Å². The molecule has 1 atom stereocenters. The Morgan fingerprint density at radius 2 is 1.79 bits per heavy atom. The van der Waals surface area contributed by atoms with Gasteiger partial charge >= 0.3 is 18.4 Å². The van der Waals surface area contributed by atoms with Crippen LogP contribution < -0.4 is 14.4 Å². The number of halogens is 3. The number of hydrogen-bond donors (Lipinski definition) is 1. The van der Waals surface area contributed by atoms with Crippen molar-refractivity contribution >= 4 is 23.7 Å². The molecule has 0 aromatic heterocycles. The minimum Gasteiger partial charge on any atom is -0.489 e. The first-order valence-corrected chi connectivity index (χ1v) is 13.7. The second-order valence-electron chi connectivity index (χ2n) is 11.6. The lowest BCUT2D eigenvalue weighted by Gasteiger charge is -2.31. The van der Waals surface area contributed by atoms with Crippen molar-refractivity contribution < 1.29 is 46.9 Å². The zero-order valence-electron chi connectivity index (χ0n) is 24.2. The summed E-state index contributed by atoms with van der Waals surface area (Å²) in [6, 6.07) is 6.79. The predicted octanol–water partition coefficient (Wildman–Crippen LogP) is 5.95. The van der Waals surface area contributed by atoms with Crippen molar-refractivity contribution in [2.75, 3.05) is 18.5 Å². The van der Waals surface area contributed by atoms with Crippen molar-refractivity contribution in [3.05, 3.63) is 52.6 Å². The van der Waals surface area contributed by atoms with Gasteiger partial charge in [0.25, 0.3) is 5.91 Å². The van der Waals surface area contributed by atoms with Gasteiger partial charge in [-0.3, -0.25) is 14.5 Å².